The number of carbonyl (C=O) groups is 1. The van der Waals surface area contributed by atoms with Crippen LogP contribution < -0.4 is 0 Å². The highest BCUT2D eigenvalue weighted by molar-refractivity contribution is 5.65. The maximum absolute atomic E-state index is 10.7. The number of aromatic nitrogens is 2. The topological polar surface area (TPSA) is 148 Å². The van der Waals surface area contributed by atoms with Gasteiger partial charge < -0.3 is 29.8 Å². The molecule has 2 heterocycles. The molecule has 0 unspecified atom stereocenters. The van der Waals surface area contributed by atoms with E-state index in [9.17, 15) is 25.1 Å². The Kier molecular flexibility index (Phi) is 3.97. The number of nitrogens with zero attached hydrogens (tertiary/aromatic N) is 2. The van der Waals surface area contributed by atoms with Gasteiger partial charge in [-0.1, -0.05) is 4.98 Å². The number of aliphatic hydroxyl groups excluding tert-OH is 2. The molecule has 1 aliphatic heterocycles. The van der Waals surface area contributed by atoms with Crippen LogP contribution in [0.1, 0.15) is 18.7 Å². The summed E-state index contributed by atoms with van der Waals surface area (Å²) in [7, 11) is 0. The van der Waals surface area contributed by atoms with Crippen LogP contribution in [-0.2, 0) is 14.3 Å². The SMILES string of the molecule is CC(=O)OC[C@H]1O[C@@H](c2c[nH]c([N+](=O)[O-])n2)[C@H](O)[C@@H]1O. The van der Waals surface area contributed by atoms with Gasteiger partial charge in [-0.2, -0.15) is 0 Å². The second-order valence-electron chi connectivity index (χ2n) is 4.28. The fraction of sp³-hybridized carbons (Fsp3) is 0.600. The zero-order valence-electron chi connectivity index (χ0n) is 10.4. The van der Waals surface area contributed by atoms with Gasteiger partial charge in [0, 0.05) is 6.92 Å². The first kappa shape index (κ1) is 14.4. The third-order valence-electron chi connectivity index (χ3n) is 2.86. The molecule has 1 aromatic heterocycles. The van der Waals surface area contributed by atoms with Gasteiger partial charge in [-0.15, -0.1) is 0 Å². The highest BCUT2D eigenvalue weighted by Gasteiger charge is 2.46. The van der Waals surface area contributed by atoms with E-state index in [1.807, 2.05) is 0 Å². The summed E-state index contributed by atoms with van der Waals surface area (Å²) >= 11 is 0. The fourth-order valence-corrected chi connectivity index (χ4v) is 1.89. The van der Waals surface area contributed by atoms with Gasteiger partial charge in [0.1, 0.15) is 37.2 Å². The minimum Gasteiger partial charge on any atom is -0.463 e. The lowest BCUT2D eigenvalue weighted by Crippen LogP contribution is -2.33. The fourth-order valence-electron chi connectivity index (χ4n) is 1.89. The Morgan fingerprint density at radius 3 is 2.85 bits per heavy atom. The van der Waals surface area contributed by atoms with Crippen molar-refractivity contribution in [3.8, 4) is 0 Å². The molecule has 1 aromatic rings. The first-order chi connectivity index (χ1) is 9.40. The molecule has 0 amide bonds. The van der Waals surface area contributed by atoms with Crippen LogP contribution in [0.15, 0.2) is 6.20 Å². The number of aromatic amines is 1. The zero-order valence-corrected chi connectivity index (χ0v) is 10.4. The van der Waals surface area contributed by atoms with Crippen molar-refractivity contribution in [2.24, 2.45) is 0 Å². The number of esters is 1. The number of hydrogen-bond donors (Lipinski definition) is 3. The number of aliphatic hydroxyl groups is 2. The summed E-state index contributed by atoms with van der Waals surface area (Å²) in [5.41, 5.74) is 0.0913. The van der Waals surface area contributed by atoms with E-state index in [4.69, 9.17) is 9.47 Å². The monoisotopic (exact) mass is 287 g/mol. The number of nitrogens with one attached hydrogen (secondary N) is 1. The van der Waals surface area contributed by atoms with Crippen LogP contribution in [0, 0.1) is 10.1 Å². The summed E-state index contributed by atoms with van der Waals surface area (Å²) in [6, 6.07) is 0. The largest absolute Gasteiger partial charge is 0.463 e. The molecule has 1 fully saturated rings. The third kappa shape index (κ3) is 2.76. The molecule has 10 nitrogen and oxygen atoms in total. The van der Waals surface area contributed by atoms with Crippen molar-refractivity contribution in [3.05, 3.63) is 22.0 Å². The third-order valence-corrected chi connectivity index (χ3v) is 2.86. The molecule has 0 aliphatic carbocycles. The van der Waals surface area contributed by atoms with E-state index in [1.54, 1.807) is 0 Å². The van der Waals surface area contributed by atoms with Gasteiger partial charge in [0.15, 0.2) is 5.69 Å². The van der Waals surface area contributed by atoms with Crippen molar-refractivity contribution >= 4 is 11.9 Å². The highest BCUT2D eigenvalue weighted by atomic mass is 16.6. The average Bonchev–Trinajstić information content (AvgIpc) is 2.95. The highest BCUT2D eigenvalue weighted by Crippen LogP contribution is 2.33. The Bertz CT molecular complexity index is 517. The maximum atomic E-state index is 10.7. The molecular formula is C10H13N3O7. The zero-order chi connectivity index (χ0) is 14.9. The maximum Gasteiger partial charge on any atom is 0.432 e. The van der Waals surface area contributed by atoms with E-state index >= 15 is 0 Å². The Balaban J connectivity index is 2.08. The average molecular weight is 287 g/mol. The van der Waals surface area contributed by atoms with Crippen molar-refractivity contribution in [1.29, 1.82) is 0 Å². The number of ether oxygens (including phenoxy) is 2. The van der Waals surface area contributed by atoms with Gasteiger partial charge in [-0.25, -0.2) is 4.98 Å². The van der Waals surface area contributed by atoms with E-state index in [-0.39, 0.29) is 12.3 Å². The van der Waals surface area contributed by atoms with Crippen molar-refractivity contribution in [1.82, 2.24) is 9.97 Å². The van der Waals surface area contributed by atoms with Gasteiger partial charge in [-0.05, 0) is 4.92 Å². The van der Waals surface area contributed by atoms with E-state index in [1.165, 1.54) is 13.1 Å². The van der Waals surface area contributed by atoms with Crippen molar-refractivity contribution in [2.75, 3.05) is 6.61 Å². The minimum absolute atomic E-state index is 0.0913. The number of imidazole rings is 1. The number of carbonyl (C=O) groups excluding carboxylic acids is 1. The molecule has 110 valence electrons. The second-order valence-corrected chi connectivity index (χ2v) is 4.28. The second kappa shape index (κ2) is 5.53. The molecule has 10 heteroatoms. The van der Waals surface area contributed by atoms with Crippen LogP contribution >= 0.6 is 0 Å². The predicted molar refractivity (Wildman–Crippen MR) is 61.5 cm³/mol. The van der Waals surface area contributed by atoms with Crippen molar-refractivity contribution < 1.29 is 29.4 Å². The van der Waals surface area contributed by atoms with Gasteiger partial charge >= 0.3 is 11.9 Å². The molecule has 3 N–H and O–H groups in total. The quantitative estimate of drug-likeness (QED) is 0.364. The van der Waals surface area contributed by atoms with Crippen LogP contribution in [0.5, 0.6) is 0 Å². The minimum atomic E-state index is -1.32. The Hall–Kier alpha value is -2.04. The molecule has 0 radical (unpaired) electrons. The Labute approximate surface area is 112 Å². The van der Waals surface area contributed by atoms with Gasteiger partial charge in [0.05, 0.1) is 0 Å². The molecule has 1 saturated heterocycles. The molecule has 0 saturated carbocycles. The normalized spacial score (nSPS) is 29.4. The molecule has 0 spiro atoms. The summed E-state index contributed by atoms with van der Waals surface area (Å²) in [6.07, 6.45) is -3.34. The Morgan fingerprint density at radius 1 is 1.60 bits per heavy atom. The van der Waals surface area contributed by atoms with Crippen LogP contribution in [0.4, 0.5) is 5.95 Å². The molecule has 20 heavy (non-hydrogen) atoms. The summed E-state index contributed by atoms with van der Waals surface area (Å²) in [5, 5.41) is 30.2. The van der Waals surface area contributed by atoms with Crippen LogP contribution in [0.25, 0.3) is 0 Å². The van der Waals surface area contributed by atoms with E-state index < -0.39 is 41.3 Å². The number of rotatable bonds is 4. The van der Waals surface area contributed by atoms with Crippen LogP contribution in [0.3, 0.4) is 0 Å². The summed E-state index contributed by atoms with van der Waals surface area (Å²) in [4.78, 5) is 26.5. The molecule has 4 atom stereocenters. The van der Waals surface area contributed by atoms with Gasteiger partial charge in [-0.3, -0.25) is 4.79 Å². The van der Waals surface area contributed by atoms with Gasteiger partial charge in [0.25, 0.3) is 0 Å². The lowest BCUT2D eigenvalue weighted by Gasteiger charge is -2.13. The van der Waals surface area contributed by atoms with E-state index in [0.717, 1.165) is 0 Å². The lowest BCUT2D eigenvalue weighted by molar-refractivity contribution is -0.393. The number of nitro groups is 1. The van der Waals surface area contributed by atoms with E-state index in [2.05, 4.69) is 9.97 Å². The first-order valence-corrected chi connectivity index (χ1v) is 5.74. The molecule has 1 aliphatic rings. The molecule has 0 aromatic carbocycles. The predicted octanol–water partition coefficient (Wildman–Crippen LogP) is -0.957. The summed E-state index contributed by atoms with van der Waals surface area (Å²) < 4.78 is 10.0. The first-order valence-electron chi connectivity index (χ1n) is 5.74. The number of H-pyrrole nitrogens is 1. The standard InChI is InChI=1S/C10H13N3O7/c1-4(14)19-3-6-7(15)8(16)9(20-6)5-2-11-10(12-5)13(17)18/h2,6-9,15-16H,3H2,1H3,(H,11,12)/t6-,7-,8-,9+/m1/s1. The molecular weight excluding hydrogens is 274 g/mol. The molecule has 2 rings (SSSR count). The number of hydrogen-bond acceptors (Lipinski definition) is 8. The van der Waals surface area contributed by atoms with Crippen molar-refractivity contribution in [3.63, 3.8) is 0 Å². The smallest absolute Gasteiger partial charge is 0.432 e. The van der Waals surface area contributed by atoms with Crippen LogP contribution in [-0.4, -0.2) is 56.0 Å². The summed E-state index contributed by atoms with van der Waals surface area (Å²) in [6.45, 7) is 0.975. The molecule has 0 bridgehead atoms. The lowest BCUT2D eigenvalue weighted by atomic mass is 10.1. The van der Waals surface area contributed by atoms with Gasteiger partial charge in [0.2, 0.25) is 0 Å². The van der Waals surface area contributed by atoms with Crippen LogP contribution in [0.2, 0.25) is 0 Å². The Morgan fingerprint density at radius 2 is 2.30 bits per heavy atom. The van der Waals surface area contributed by atoms with E-state index in [0.29, 0.717) is 0 Å². The van der Waals surface area contributed by atoms with Crippen molar-refractivity contribution in [2.45, 2.75) is 31.3 Å². The summed E-state index contributed by atoms with van der Waals surface area (Å²) in [5.74, 6) is -1.04.